The number of carbonyl (C=O) groups is 1. The summed E-state index contributed by atoms with van der Waals surface area (Å²) in [4.78, 5) is 18.5. The maximum atomic E-state index is 12.0. The molecule has 6 nitrogen and oxygen atoms in total. The third kappa shape index (κ3) is 4.18. The molecule has 20 heavy (non-hydrogen) atoms. The van der Waals surface area contributed by atoms with Crippen LogP contribution in [-0.4, -0.2) is 42.0 Å². The summed E-state index contributed by atoms with van der Waals surface area (Å²) in [7, 11) is 0. The first-order valence-corrected chi connectivity index (χ1v) is 7.12. The highest BCUT2D eigenvalue weighted by molar-refractivity contribution is 5.94. The molecule has 1 atom stereocenters. The van der Waals surface area contributed by atoms with Crippen LogP contribution in [0.4, 0.5) is 5.82 Å². The van der Waals surface area contributed by atoms with Gasteiger partial charge in [-0.1, -0.05) is 6.92 Å². The molecule has 1 aliphatic rings. The highest BCUT2D eigenvalue weighted by Crippen LogP contribution is 2.10. The zero-order valence-corrected chi connectivity index (χ0v) is 11.9. The molecule has 0 radical (unpaired) electrons. The first-order chi connectivity index (χ1) is 9.69. The number of rotatable bonds is 6. The molecule has 1 fully saturated rings. The summed E-state index contributed by atoms with van der Waals surface area (Å²) >= 11 is 0. The normalized spacial score (nSPS) is 16.9. The summed E-state index contributed by atoms with van der Waals surface area (Å²) in [5.41, 5.74) is 2.99. The van der Waals surface area contributed by atoms with Crippen molar-refractivity contribution in [1.29, 1.82) is 0 Å². The van der Waals surface area contributed by atoms with Crippen LogP contribution in [0, 0.1) is 5.92 Å². The topological polar surface area (TPSA) is 83.3 Å². The fourth-order valence-electron chi connectivity index (χ4n) is 2.45. The van der Waals surface area contributed by atoms with Crippen molar-refractivity contribution in [3.05, 3.63) is 23.9 Å². The van der Waals surface area contributed by atoms with E-state index in [0.29, 0.717) is 23.8 Å². The minimum absolute atomic E-state index is 0.0886. The predicted octanol–water partition coefficient (Wildman–Crippen LogP) is 0.829. The number of anilines is 1. The van der Waals surface area contributed by atoms with Gasteiger partial charge in [-0.25, -0.2) is 10.8 Å². The summed E-state index contributed by atoms with van der Waals surface area (Å²) in [6.07, 6.45) is 4.12. The first kappa shape index (κ1) is 14.7. The van der Waals surface area contributed by atoms with Crippen molar-refractivity contribution in [3.8, 4) is 0 Å². The van der Waals surface area contributed by atoms with Crippen molar-refractivity contribution >= 4 is 11.7 Å². The van der Waals surface area contributed by atoms with Gasteiger partial charge in [0.25, 0.3) is 5.91 Å². The van der Waals surface area contributed by atoms with Crippen LogP contribution in [0.3, 0.4) is 0 Å². The molecule has 0 aliphatic carbocycles. The van der Waals surface area contributed by atoms with Gasteiger partial charge in [-0.2, -0.15) is 0 Å². The van der Waals surface area contributed by atoms with E-state index in [4.69, 9.17) is 5.84 Å². The van der Waals surface area contributed by atoms with Crippen LogP contribution < -0.4 is 16.6 Å². The Morgan fingerprint density at radius 3 is 2.80 bits per heavy atom. The molecule has 0 bridgehead atoms. The predicted molar refractivity (Wildman–Crippen MR) is 79.2 cm³/mol. The Balaban J connectivity index is 1.75. The number of nitrogen functional groups attached to an aromatic ring is 1. The Morgan fingerprint density at radius 1 is 1.45 bits per heavy atom. The monoisotopic (exact) mass is 277 g/mol. The molecule has 4 N–H and O–H groups in total. The average molecular weight is 277 g/mol. The van der Waals surface area contributed by atoms with E-state index >= 15 is 0 Å². The summed E-state index contributed by atoms with van der Waals surface area (Å²) in [6.45, 7) is 6.28. The quantitative estimate of drug-likeness (QED) is 0.530. The zero-order valence-electron chi connectivity index (χ0n) is 11.9. The van der Waals surface area contributed by atoms with Crippen LogP contribution in [-0.2, 0) is 0 Å². The van der Waals surface area contributed by atoms with Gasteiger partial charge in [0.05, 0.1) is 5.56 Å². The second kappa shape index (κ2) is 7.21. The molecule has 0 aromatic carbocycles. The van der Waals surface area contributed by atoms with E-state index in [1.54, 1.807) is 12.1 Å². The standard InChI is InChI=1S/C14H23N5O/c1-11(10-19-6-2-3-7-19)8-17-14(20)12-4-5-13(18-15)16-9-12/h4-5,9,11H,2-3,6-8,10,15H2,1H3,(H,16,18)(H,17,20). The molecule has 2 heterocycles. The number of hydrogen-bond donors (Lipinski definition) is 3. The van der Waals surface area contributed by atoms with Gasteiger partial charge in [-0.15, -0.1) is 0 Å². The van der Waals surface area contributed by atoms with Gasteiger partial charge in [-0.05, 0) is 44.0 Å². The third-order valence-corrected chi connectivity index (χ3v) is 3.55. The second-order valence-corrected chi connectivity index (χ2v) is 5.40. The van der Waals surface area contributed by atoms with E-state index in [1.807, 2.05) is 0 Å². The number of nitrogens with zero attached hydrogens (tertiary/aromatic N) is 2. The number of carbonyl (C=O) groups excluding carboxylic acids is 1. The summed E-state index contributed by atoms with van der Waals surface area (Å²) in [6, 6.07) is 3.39. The van der Waals surface area contributed by atoms with Crippen LogP contribution in [0.25, 0.3) is 0 Å². The number of hydrazine groups is 1. The SMILES string of the molecule is CC(CNC(=O)c1ccc(NN)nc1)CN1CCCC1. The number of aromatic nitrogens is 1. The molecule has 0 spiro atoms. The number of hydrogen-bond acceptors (Lipinski definition) is 5. The molecule has 1 saturated heterocycles. The number of nitrogens with one attached hydrogen (secondary N) is 2. The molecule has 2 rings (SSSR count). The van der Waals surface area contributed by atoms with Crippen molar-refractivity contribution in [3.63, 3.8) is 0 Å². The number of nitrogens with two attached hydrogens (primary N) is 1. The van der Waals surface area contributed by atoms with Crippen molar-refractivity contribution in [2.45, 2.75) is 19.8 Å². The van der Waals surface area contributed by atoms with Crippen LogP contribution >= 0.6 is 0 Å². The first-order valence-electron chi connectivity index (χ1n) is 7.12. The van der Waals surface area contributed by atoms with Crippen molar-refractivity contribution in [2.75, 3.05) is 31.6 Å². The van der Waals surface area contributed by atoms with Gasteiger partial charge >= 0.3 is 0 Å². The third-order valence-electron chi connectivity index (χ3n) is 3.55. The summed E-state index contributed by atoms with van der Waals surface area (Å²) in [5, 5.41) is 2.95. The fraction of sp³-hybridized carbons (Fsp3) is 0.571. The van der Waals surface area contributed by atoms with Crippen LogP contribution in [0.5, 0.6) is 0 Å². The molecule has 1 aliphatic heterocycles. The van der Waals surface area contributed by atoms with E-state index < -0.39 is 0 Å². The largest absolute Gasteiger partial charge is 0.352 e. The number of pyridine rings is 1. The number of amides is 1. The summed E-state index contributed by atoms with van der Waals surface area (Å²) < 4.78 is 0. The lowest BCUT2D eigenvalue weighted by molar-refractivity contribution is 0.0945. The molecular weight excluding hydrogens is 254 g/mol. The van der Waals surface area contributed by atoms with Gasteiger partial charge in [0.1, 0.15) is 5.82 Å². The smallest absolute Gasteiger partial charge is 0.252 e. The van der Waals surface area contributed by atoms with Crippen molar-refractivity contribution in [2.24, 2.45) is 11.8 Å². The van der Waals surface area contributed by atoms with E-state index in [0.717, 1.165) is 6.54 Å². The highest BCUT2D eigenvalue weighted by atomic mass is 16.1. The Kier molecular flexibility index (Phi) is 5.31. The lowest BCUT2D eigenvalue weighted by atomic mass is 10.1. The zero-order chi connectivity index (χ0) is 14.4. The number of likely N-dealkylation sites (tertiary alicyclic amines) is 1. The molecule has 1 aromatic rings. The molecular formula is C14H23N5O. The molecule has 0 saturated carbocycles. The lowest BCUT2D eigenvalue weighted by Crippen LogP contribution is -2.34. The molecule has 1 amide bonds. The minimum Gasteiger partial charge on any atom is -0.352 e. The maximum Gasteiger partial charge on any atom is 0.252 e. The van der Waals surface area contributed by atoms with E-state index in [9.17, 15) is 4.79 Å². The Hall–Kier alpha value is -1.66. The van der Waals surface area contributed by atoms with Gasteiger partial charge in [0.15, 0.2) is 0 Å². The maximum absolute atomic E-state index is 12.0. The Bertz CT molecular complexity index is 428. The van der Waals surface area contributed by atoms with E-state index in [1.165, 1.54) is 32.1 Å². The van der Waals surface area contributed by atoms with Gasteiger partial charge in [0, 0.05) is 19.3 Å². The Labute approximate surface area is 119 Å². The molecule has 110 valence electrons. The van der Waals surface area contributed by atoms with Crippen LogP contribution in [0.2, 0.25) is 0 Å². The van der Waals surface area contributed by atoms with E-state index in [2.05, 4.69) is 27.6 Å². The van der Waals surface area contributed by atoms with Gasteiger partial charge < -0.3 is 15.6 Å². The Morgan fingerprint density at radius 2 is 2.20 bits per heavy atom. The van der Waals surface area contributed by atoms with Crippen LogP contribution in [0.1, 0.15) is 30.1 Å². The molecule has 6 heteroatoms. The van der Waals surface area contributed by atoms with Crippen molar-refractivity contribution in [1.82, 2.24) is 15.2 Å². The summed E-state index contributed by atoms with van der Waals surface area (Å²) in [5.74, 6) is 6.14. The highest BCUT2D eigenvalue weighted by Gasteiger charge is 2.15. The fourth-order valence-corrected chi connectivity index (χ4v) is 2.45. The minimum atomic E-state index is -0.0886. The lowest BCUT2D eigenvalue weighted by Gasteiger charge is -2.20. The molecule has 1 aromatic heterocycles. The van der Waals surface area contributed by atoms with Gasteiger partial charge in [0.2, 0.25) is 0 Å². The van der Waals surface area contributed by atoms with Gasteiger partial charge in [-0.3, -0.25) is 4.79 Å². The second-order valence-electron chi connectivity index (χ2n) is 5.40. The van der Waals surface area contributed by atoms with Crippen molar-refractivity contribution < 1.29 is 4.79 Å². The average Bonchev–Trinajstić information content (AvgIpc) is 2.97. The van der Waals surface area contributed by atoms with Crippen LogP contribution in [0.15, 0.2) is 18.3 Å². The molecule has 1 unspecified atom stereocenters. The van der Waals surface area contributed by atoms with E-state index in [-0.39, 0.29) is 5.91 Å².